The topological polar surface area (TPSA) is 65.2 Å². The molecule has 1 heterocycles. The number of rotatable bonds is 4. The van der Waals surface area contributed by atoms with E-state index in [2.05, 4.69) is 9.72 Å². The lowest BCUT2D eigenvalue weighted by atomic mass is 10.0. The van der Waals surface area contributed by atoms with E-state index in [0.29, 0.717) is 0 Å². The first kappa shape index (κ1) is 12.5. The van der Waals surface area contributed by atoms with Gasteiger partial charge < -0.3 is 10.5 Å². The van der Waals surface area contributed by atoms with Crippen molar-refractivity contribution >= 4 is 5.97 Å². The van der Waals surface area contributed by atoms with Crippen molar-refractivity contribution in [1.29, 1.82) is 0 Å². The zero-order valence-corrected chi connectivity index (χ0v) is 8.69. The highest BCUT2D eigenvalue weighted by atomic mass is 19.3. The van der Waals surface area contributed by atoms with Gasteiger partial charge in [-0.15, -0.1) is 0 Å². The molecule has 0 saturated heterocycles. The first-order chi connectivity index (χ1) is 7.50. The second kappa shape index (κ2) is 4.98. The maximum atomic E-state index is 13.5. The van der Waals surface area contributed by atoms with Crippen LogP contribution >= 0.6 is 0 Å². The van der Waals surface area contributed by atoms with E-state index in [1.165, 1.54) is 31.5 Å². The number of nitrogens with two attached hydrogens (primary N) is 1. The summed E-state index contributed by atoms with van der Waals surface area (Å²) in [5.41, 5.74) is 5.46. The van der Waals surface area contributed by atoms with Crippen LogP contribution in [-0.2, 0) is 9.53 Å². The smallest absolute Gasteiger partial charge is 0.379 e. The minimum absolute atomic E-state index is 0.114. The zero-order valence-electron chi connectivity index (χ0n) is 8.69. The van der Waals surface area contributed by atoms with Gasteiger partial charge in [-0.3, -0.25) is 4.98 Å². The summed E-state index contributed by atoms with van der Waals surface area (Å²) in [6.45, 7) is 1.34. The summed E-state index contributed by atoms with van der Waals surface area (Å²) in [5.74, 6) is -5.35. The van der Waals surface area contributed by atoms with Crippen LogP contribution in [-0.4, -0.2) is 23.5 Å². The summed E-state index contributed by atoms with van der Waals surface area (Å²) >= 11 is 0. The standard InChI is InChI=1S/C10H12F2N2O2/c1-2-16-9(15)10(11,12)8(13)7-3-5-14-6-4-7/h3-6,8H,2,13H2,1H3/t8-/m1/s1. The van der Waals surface area contributed by atoms with Crippen LogP contribution in [0.25, 0.3) is 0 Å². The molecule has 0 fully saturated rings. The highest BCUT2D eigenvalue weighted by Crippen LogP contribution is 2.30. The van der Waals surface area contributed by atoms with E-state index in [1.807, 2.05) is 0 Å². The number of hydrogen-bond donors (Lipinski definition) is 1. The first-order valence-corrected chi connectivity index (χ1v) is 4.70. The van der Waals surface area contributed by atoms with Gasteiger partial charge in [0, 0.05) is 12.4 Å². The Morgan fingerprint density at radius 3 is 2.62 bits per heavy atom. The predicted octanol–water partition coefficient (Wildman–Crippen LogP) is 1.28. The monoisotopic (exact) mass is 230 g/mol. The minimum Gasteiger partial charge on any atom is -0.462 e. The Balaban J connectivity index is 2.87. The molecule has 6 heteroatoms. The largest absolute Gasteiger partial charge is 0.462 e. The molecule has 0 saturated carbocycles. The molecule has 16 heavy (non-hydrogen) atoms. The summed E-state index contributed by atoms with van der Waals surface area (Å²) in [6.07, 6.45) is 2.66. The average molecular weight is 230 g/mol. The van der Waals surface area contributed by atoms with Gasteiger partial charge in [-0.1, -0.05) is 0 Å². The third kappa shape index (κ3) is 2.52. The molecule has 0 radical (unpaired) electrons. The van der Waals surface area contributed by atoms with Crippen molar-refractivity contribution in [2.24, 2.45) is 5.73 Å². The third-order valence-electron chi connectivity index (χ3n) is 2.00. The predicted molar refractivity (Wildman–Crippen MR) is 52.7 cm³/mol. The molecular weight excluding hydrogens is 218 g/mol. The molecule has 1 rings (SSSR count). The SMILES string of the molecule is CCOC(=O)C(F)(F)[C@H](N)c1ccncc1. The number of esters is 1. The van der Waals surface area contributed by atoms with Gasteiger partial charge in [-0.2, -0.15) is 8.78 Å². The average Bonchev–Trinajstić information content (AvgIpc) is 2.29. The Morgan fingerprint density at radius 2 is 2.12 bits per heavy atom. The van der Waals surface area contributed by atoms with Crippen LogP contribution in [0.4, 0.5) is 8.78 Å². The van der Waals surface area contributed by atoms with Crippen molar-refractivity contribution in [2.75, 3.05) is 6.61 Å². The van der Waals surface area contributed by atoms with E-state index in [1.54, 1.807) is 0 Å². The highest BCUT2D eigenvalue weighted by Gasteiger charge is 2.47. The van der Waals surface area contributed by atoms with E-state index in [0.717, 1.165) is 0 Å². The zero-order chi connectivity index (χ0) is 12.2. The molecule has 0 aliphatic heterocycles. The summed E-state index contributed by atoms with van der Waals surface area (Å²) in [5, 5.41) is 0. The number of halogens is 2. The number of ether oxygens (including phenoxy) is 1. The number of carbonyl (C=O) groups excluding carboxylic acids is 1. The molecule has 0 aromatic carbocycles. The molecule has 0 aliphatic rings. The molecule has 1 aromatic rings. The fourth-order valence-electron chi connectivity index (χ4n) is 1.13. The number of aromatic nitrogens is 1. The molecule has 0 bridgehead atoms. The molecular formula is C10H12F2N2O2. The summed E-state index contributed by atoms with van der Waals surface area (Å²) in [7, 11) is 0. The third-order valence-corrected chi connectivity index (χ3v) is 2.00. The highest BCUT2D eigenvalue weighted by molar-refractivity contribution is 5.78. The van der Waals surface area contributed by atoms with Crippen LogP contribution in [0.5, 0.6) is 0 Å². The van der Waals surface area contributed by atoms with Crippen molar-refractivity contribution in [2.45, 2.75) is 18.9 Å². The van der Waals surface area contributed by atoms with Gasteiger partial charge in [-0.25, -0.2) is 4.79 Å². The van der Waals surface area contributed by atoms with Gasteiger partial charge in [0.1, 0.15) is 6.04 Å². The van der Waals surface area contributed by atoms with Crippen molar-refractivity contribution in [3.8, 4) is 0 Å². The van der Waals surface area contributed by atoms with Crippen LogP contribution in [0, 0.1) is 0 Å². The first-order valence-electron chi connectivity index (χ1n) is 4.70. The van der Waals surface area contributed by atoms with Gasteiger partial charge in [0.25, 0.3) is 0 Å². The van der Waals surface area contributed by atoms with E-state index >= 15 is 0 Å². The van der Waals surface area contributed by atoms with Crippen molar-refractivity contribution < 1.29 is 18.3 Å². The molecule has 1 aromatic heterocycles. The maximum Gasteiger partial charge on any atom is 0.379 e. The van der Waals surface area contributed by atoms with E-state index in [4.69, 9.17) is 5.73 Å². The van der Waals surface area contributed by atoms with E-state index < -0.39 is 17.9 Å². The second-order valence-electron chi connectivity index (χ2n) is 3.10. The molecule has 0 amide bonds. The number of carbonyl (C=O) groups is 1. The molecule has 0 spiro atoms. The van der Waals surface area contributed by atoms with E-state index in [9.17, 15) is 13.6 Å². The molecule has 4 nitrogen and oxygen atoms in total. The number of hydrogen-bond acceptors (Lipinski definition) is 4. The van der Waals surface area contributed by atoms with Gasteiger partial charge >= 0.3 is 11.9 Å². The second-order valence-corrected chi connectivity index (χ2v) is 3.10. The van der Waals surface area contributed by atoms with Crippen LogP contribution < -0.4 is 5.73 Å². The van der Waals surface area contributed by atoms with Gasteiger partial charge in [0.15, 0.2) is 0 Å². The number of alkyl halides is 2. The Bertz CT molecular complexity index is 357. The molecule has 2 N–H and O–H groups in total. The van der Waals surface area contributed by atoms with Crippen LogP contribution in [0.3, 0.4) is 0 Å². The summed E-state index contributed by atoms with van der Waals surface area (Å²) in [4.78, 5) is 14.7. The Hall–Kier alpha value is -1.56. The van der Waals surface area contributed by atoms with Gasteiger partial charge in [-0.05, 0) is 24.6 Å². The number of nitrogens with zero attached hydrogens (tertiary/aromatic N) is 1. The van der Waals surface area contributed by atoms with Crippen LogP contribution in [0.1, 0.15) is 18.5 Å². The van der Waals surface area contributed by atoms with Crippen molar-refractivity contribution in [1.82, 2.24) is 4.98 Å². The molecule has 0 aliphatic carbocycles. The molecule has 88 valence electrons. The Labute approximate surface area is 91.4 Å². The minimum atomic E-state index is -3.74. The lowest BCUT2D eigenvalue weighted by Crippen LogP contribution is -2.41. The van der Waals surface area contributed by atoms with Crippen LogP contribution in [0.2, 0.25) is 0 Å². The fourth-order valence-corrected chi connectivity index (χ4v) is 1.13. The van der Waals surface area contributed by atoms with Crippen molar-refractivity contribution in [3.05, 3.63) is 30.1 Å². The fraction of sp³-hybridized carbons (Fsp3) is 0.400. The Kier molecular flexibility index (Phi) is 3.89. The van der Waals surface area contributed by atoms with Crippen molar-refractivity contribution in [3.63, 3.8) is 0 Å². The molecule has 0 unspecified atom stereocenters. The number of pyridine rings is 1. The molecule has 1 atom stereocenters. The lowest BCUT2D eigenvalue weighted by molar-refractivity contribution is -0.174. The summed E-state index contributed by atoms with van der Waals surface area (Å²) < 4.78 is 31.2. The van der Waals surface area contributed by atoms with E-state index in [-0.39, 0.29) is 12.2 Å². The van der Waals surface area contributed by atoms with Gasteiger partial charge in [0.05, 0.1) is 6.61 Å². The normalized spacial score (nSPS) is 13.2. The maximum absolute atomic E-state index is 13.5. The van der Waals surface area contributed by atoms with Crippen LogP contribution in [0.15, 0.2) is 24.5 Å². The Morgan fingerprint density at radius 1 is 1.56 bits per heavy atom. The van der Waals surface area contributed by atoms with Gasteiger partial charge in [0.2, 0.25) is 0 Å². The summed E-state index contributed by atoms with van der Waals surface area (Å²) in [6, 6.07) is 0.935. The lowest BCUT2D eigenvalue weighted by Gasteiger charge is -2.21. The quantitative estimate of drug-likeness (QED) is 0.791.